The van der Waals surface area contributed by atoms with Crippen molar-refractivity contribution in [2.75, 3.05) is 31.3 Å². The van der Waals surface area contributed by atoms with Crippen LogP contribution in [-0.2, 0) is 22.6 Å². The van der Waals surface area contributed by atoms with Gasteiger partial charge in [0.15, 0.2) is 17.4 Å². The highest BCUT2D eigenvalue weighted by Gasteiger charge is 2.47. The predicted octanol–water partition coefficient (Wildman–Crippen LogP) is 3.23. The summed E-state index contributed by atoms with van der Waals surface area (Å²) in [5.41, 5.74) is 1.99. The molecule has 0 saturated carbocycles. The molecule has 2 N–H and O–H groups in total. The van der Waals surface area contributed by atoms with Crippen LogP contribution in [0.1, 0.15) is 49.1 Å². The molecule has 2 aromatic heterocycles. The van der Waals surface area contributed by atoms with E-state index in [0.29, 0.717) is 54.6 Å². The third-order valence-corrected chi connectivity index (χ3v) is 7.67. The summed E-state index contributed by atoms with van der Waals surface area (Å²) in [4.78, 5) is 38.7. The van der Waals surface area contributed by atoms with Crippen LogP contribution in [0.25, 0.3) is 0 Å². The van der Waals surface area contributed by atoms with Crippen molar-refractivity contribution < 1.29 is 33.7 Å². The molecule has 2 aliphatic rings. The summed E-state index contributed by atoms with van der Waals surface area (Å²) < 4.78 is 16.5. The lowest BCUT2D eigenvalue weighted by Gasteiger charge is -2.29. The Balaban J connectivity index is 1.46. The van der Waals surface area contributed by atoms with Crippen LogP contribution < -0.4 is 14.4 Å². The van der Waals surface area contributed by atoms with E-state index < -0.39 is 23.8 Å². The summed E-state index contributed by atoms with van der Waals surface area (Å²) in [6, 6.07) is 6.78. The van der Waals surface area contributed by atoms with Crippen LogP contribution in [0.5, 0.6) is 11.5 Å². The van der Waals surface area contributed by atoms with Crippen LogP contribution in [0.2, 0.25) is 0 Å². The molecular formula is C29H34N4O7. The summed E-state index contributed by atoms with van der Waals surface area (Å²) in [7, 11) is 0. The van der Waals surface area contributed by atoms with E-state index in [2.05, 4.69) is 16.9 Å². The molecule has 0 aliphatic carbocycles. The highest BCUT2D eigenvalue weighted by Crippen LogP contribution is 2.44. The number of hydrogen-bond acceptors (Lipinski definition) is 9. The molecule has 0 spiro atoms. The second kappa shape index (κ2) is 12.5. The van der Waals surface area contributed by atoms with E-state index in [1.807, 2.05) is 11.0 Å². The Morgan fingerprint density at radius 2 is 2.10 bits per heavy atom. The average molecular weight is 551 g/mol. The number of carbonyl (C=O) groups excluding carboxylic acids is 1. The summed E-state index contributed by atoms with van der Waals surface area (Å²) in [5, 5.41) is 20.4. The van der Waals surface area contributed by atoms with Gasteiger partial charge in [-0.15, -0.1) is 0 Å². The van der Waals surface area contributed by atoms with Crippen molar-refractivity contribution in [3.8, 4) is 11.5 Å². The van der Waals surface area contributed by atoms with Gasteiger partial charge in [-0.1, -0.05) is 13.3 Å². The molecule has 1 fully saturated rings. The smallest absolute Gasteiger partial charge is 0.308 e. The summed E-state index contributed by atoms with van der Waals surface area (Å²) >= 11 is 0. The number of aliphatic carboxylic acids is 1. The van der Waals surface area contributed by atoms with E-state index in [1.54, 1.807) is 41.7 Å². The van der Waals surface area contributed by atoms with Gasteiger partial charge in [0.25, 0.3) is 0 Å². The number of amides is 1. The van der Waals surface area contributed by atoms with Gasteiger partial charge in [0.05, 0.1) is 37.2 Å². The van der Waals surface area contributed by atoms with E-state index in [4.69, 9.17) is 13.9 Å². The Morgan fingerprint density at radius 3 is 2.80 bits per heavy atom. The van der Waals surface area contributed by atoms with Crippen LogP contribution in [0.4, 0.5) is 5.69 Å². The summed E-state index contributed by atoms with van der Waals surface area (Å²) in [6.07, 6.45) is 9.02. The van der Waals surface area contributed by atoms with Crippen molar-refractivity contribution in [2.24, 2.45) is 5.92 Å². The molecule has 3 aromatic rings. The van der Waals surface area contributed by atoms with Crippen LogP contribution in [0.3, 0.4) is 0 Å². The highest BCUT2D eigenvalue weighted by molar-refractivity contribution is 5.94. The van der Waals surface area contributed by atoms with Gasteiger partial charge in [0, 0.05) is 43.2 Å². The number of benzene rings is 1. The maximum atomic E-state index is 13.8. The first kappa shape index (κ1) is 27.6. The number of unbranched alkanes of at least 4 members (excludes halogenated alkanes) is 1. The van der Waals surface area contributed by atoms with Crippen molar-refractivity contribution >= 4 is 17.6 Å². The molecule has 3 atom stereocenters. The maximum Gasteiger partial charge on any atom is 0.308 e. The Labute approximate surface area is 232 Å². The first-order chi connectivity index (χ1) is 19.5. The molecule has 212 valence electrons. The molecule has 0 radical (unpaired) electrons. The molecule has 1 saturated heterocycles. The van der Waals surface area contributed by atoms with E-state index in [0.717, 1.165) is 18.4 Å². The highest BCUT2D eigenvalue weighted by atomic mass is 16.7. The molecule has 11 heteroatoms. The summed E-state index contributed by atoms with van der Waals surface area (Å²) in [6.45, 7) is 2.78. The number of rotatable bonds is 12. The average Bonchev–Trinajstić information content (AvgIpc) is 3.72. The van der Waals surface area contributed by atoms with Crippen molar-refractivity contribution in [3.05, 3.63) is 66.1 Å². The standard InChI is InChI=1S/C29H34N4O7/c1-2-3-10-33(21-5-4-8-30-14-21)26(35)16-32-15-22(19-12-20(17-34)28-24(13-19)39-18-40-28)27(29(36)37)23(32)6-7-25-31-9-11-38-25/h4-5,8-9,11-14,22-23,27,34H,2-3,6-7,10,15-18H2,1H3,(H,36,37)/t22-,23+,27-/m1/s1. The number of carboxylic acid groups (broad SMARTS) is 1. The number of fused-ring (bicyclic) bond motifs is 1. The quantitative estimate of drug-likeness (QED) is 0.346. The van der Waals surface area contributed by atoms with E-state index in [9.17, 15) is 19.8 Å². The number of anilines is 1. The van der Waals surface area contributed by atoms with Gasteiger partial charge in [-0.3, -0.25) is 19.5 Å². The number of aliphatic hydroxyl groups excluding tert-OH is 1. The fourth-order valence-corrected chi connectivity index (χ4v) is 5.76. The first-order valence-electron chi connectivity index (χ1n) is 13.6. The molecule has 11 nitrogen and oxygen atoms in total. The third kappa shape index (κ3) is 5.80. The number of likely N-dealkylation sites (tertiary alicyclic amines) is 1. The van der Waals surface area contributed by atoms with Crippen LogP contribution in [0, 0.1) is 5.92 Å². The van der Waals surface area contributed by atoms with E-state index in [1.165, 1.54) is 6.26 Å². The minimum Gasteiger partial charge on any atom is -0.481 e. The number of pyridine rings is 1. The van der Waals surface area contributed by atoms with Gasteiger partial charge in [0.2, 0.25) is 12.7 Å². The van der Waals surface area contributed by atoms with Gasteiger partial charge in [-0.05, 0) is 42.7 Å². The lowest BCUT2D eigenvalue weighted by atomic mass is 9.83. The lowest BCUT2D eigenvalue weighted by molar-refractivity contribution is -0.143. The number of aryl methyl sites for hydroxylation is 1. The number of hydrogen-bond donors (Lipinski definition) is 2. The third-order valence-electron chi connectivity index (χ3n) is 7.67. The van der Waals surface area contributed by atoms with Gasteiger partial charge in [0.1, 0.15) is 6.26 Å². The van der Waals surface area contributed by atoms with Gasteiger partial charge >= 0.3 is 5.97 Å². The normalized spacial score (nSPS) is 20.1. The van der Waals surface area contributed by atoms with Crippen LogP contribution >= 0.6 is 0 Å². The summed E-state index contributed by atoms with van der Waals surface area (Å²) in [5.74, 6) is -0.834. The van der Waals surface area contributed by atoms with Gasteiger partial charge < -0.3 is 29.0 Å². The van der Waals surface area contributed by atoms with Crippen molar-refractivity contribution in [2.45, 2.75) is 51.2 Å². The number of oxazole rings is 1. The maximum absolute atomic E-state index is 13.8. The minimum absolute atomic E-state index is 0.0418. The largest absolute Gasteiger partial charge is 0.481 e. The molecule has 1 aromatic carbocycles. The van der Waals surface area contributed by atoms with Crippen LogP contribution in [0.15, 0.2) is 53.5 Å². The van der Waals surface area contributed by atoms with Gasteiger partial charge in [-0.25, -0.2) is 4.98 Å². The van der Waals surface area contributed by atoms with Crippen LogP contribution in [-0.4, -0.2) is 69.4 Å². The Hall–Kier alpha value is -3.96. The zero-order valence-corrected chi connectivity index (χ0v) is 22.4. The molecule has 0 unspecified atom stereocenters. The van der Waals surface area contributed by atoms with Gasteiger partial charge in [-0.2, -0.15) is 0 Å². The molecule has 40 heavy (non-hydrogen) atoms. The van der Waals surface area contributed by atoms with E-state index >= 15 is 0 Å². The first-order valence-corrected chi connectivity index (χ1v) is 13.6. The topological polar surface area (TPSA) is 138 Å². The molecule has 0 bridgehead atoms. The van der Waals surface area contributed by atoms with E-state index in [-0.39, 0.29) is 25.9 Å². The second-order valence-electron chi connectivity index (χ2n) is 10.1. The Morgan fingerprint density at radius 1 is 1.23 bits per heavy atom. The zero-order chi connectivity index (χ0) is 28.1. The second-order valence-corrected chi connectivity index (χ2v) is 10.1. The SMILES string of the molecule is CCCCN(C(=O)CN1C[C@H](c2cc(CO)c3c(c2)OCO3)[C@@H](C(=O)O)[C@@H]1CCc1ncco1)c1cccnc1. The Bertz CT molecular complexity index is 1300. The van der Waals surface area contributed by atoms with Crippen molar-refractivity contribution in [1.82, 2.24) is 14.9 Å². The number of nitrogens with zero attached hydrogens (tertiary/aromatic N) is 4. The lowest BCUT2D eigenvalue weighted by Crippen LogP contribution is -2.44. The predicted molar refractivity (Wildman–Crippen MR) is 144 cm³/mol. The number of ether oxygens (including phenoxy) is 2. The monoisotopic (exact) mass is 550 g/mol. The molecular weight excluding hydrogens is 516 g/mol. The fourth-order valence-electron chi connectivity index (χ4n) is 5.76. The number of aliphatic hydroxyl groups is 1. The molecule has 4 heterocycles. The minimum atomic E-state index is -0.948. The molecule has 2 aliphatic heterocycles. The molecule has 1 amide bonds. The fraction of sp³-hybridized carbons (Fsp3) is 0.448. The zero-order valence-electron chi connectivity index (χ0n) is 22.4. The Kier molecular flexibility index (Phi) is 8.61. The number of carboxylic acids is 1. The van der Waals surface area contributed by atoms with Crippen molar-refractivity contribution in [1.29, 1.82) is 0 Å². The number of carbonyl (C=O) groups is 2. The van der Waals surface area contributed by atoms with Crippen molar-refractivity contribution in [3.63, 3.8) is 0 Å². The molecule has 5 rings (SSSR count). The number of aromatic nitrogens is 2.